The number of rotatable bonds is 10. The smallest absolute Gasteiger partial charge is 0.326 e. The van der Waals surface area contributed by atoms with E-state index < -0.39 is 21.8 Å². The molecule has 0 unspecified atom stereocenters. The number of carbonyl (C=O) groups excluding carboxylic acids is 1. The van der Waals surface area contributed by atoms with Gasteiger partial charge in [-0.2, -0.15) is 17.5 Å². The lowest BCUT2D eigenvalue weighted by atomic mass is 9.88. The molecule has 1 amide bonds. The normalized spacial score (nSPS) is 14.1. The summed E-state index contributed by atoms with van der Waals surface area (Å²) in [5.74, 6) is 0.146. The number of alkyl halides is 3. The van der Waals surface area contributed by atoms with Crippen LogP contribution >= 0.6 is 0 Å². The van der Waals surface area contributed by atoms with Crippen molar-refractivity contribution >= 4 is 21.6 Å². The van der Waals surface area contributed by atoms with Gasteiger partial charge in [0.05, 0.1) is 10.5 Å². The largest absolute Gasteiger partial charge is 0.417 e. The molecule has 1 aliphatic carbocycles. The van der Waals surface area contributed by atoms with Gasteiger partial charge in [-0.15, -0.1) is 0 Å². The van der Waals surface area contributed by atoms with Crippen LogP contribution in [0.4, 0.5) is 18.9 Å². The molecule has 0 atom stereocenters. The van der Waals surface area contributed by atoms with Gasteiger partial charge in [-0.05, 0) is 82.6 Å². The van der Waals surface area contributed by atoms with Crippen LogP contribution < -0.4 is 5.32 Å². The highest BCUT2D eigenvalue weighted by molar-refractivity contribution is 7.89. The molecule has 0 spiro atoms. The van der Waals surface area contributed by atoms with Crippen LogP contribution in [0.25, 0.3) is 22.3 Å². The zero-order chi connectivity index (χ0) is 34.4. The zero-order valence-corrected chi connectivity index (χ0v) is 27.6. The molecule has 10 heteroatoms. The van der Waals surface area contributed by atoms with E-state index in [4.69, 9.17) is 0 Å². The molecule has 49 heavy (non-hydrogen) atoms. The van der Waals surface area contributed by atoms with E-state index in [0.29, 0.717) is 5.56 Å². The van der Waals surface area contributed by atoms with Crippen molar-refractivity contribution in [2.75, 3.05) is 5.32 Å². The lowest BCUT2D eigenvalue weighted by Gasteiger charge is -2.23. The Labute approximate surface area is 284 Å². The van der Waals surface area contributed by atoms with E-state index in [0.717, 1.165) is 54.1 Å². The molecule has 1 aliphatic rings. The van der Waals surface area contributed by atoms with E-state index in [1.165, 1.54) is 53.2 Å². The first-order valence-electron chi connectivity index (χ1n) is 16.2. The van der Waals surface area contributed by atoms with Gasteiger partial charge in [-0.25, -0.2) is 8.42 Å². The Bertz CT molecular complexity index is 1980. The second-order valence-electron chi connectivity index (χ2n) is 12.3. The maximum Gasteiger partial charge on any atom is 0.417 e. The fourth-order valence-electron chi connectivity index (χ4n) is 6.22. The number of hydrogen-bond donors (Lipinski definition) is 1. The minimum Gasteiger partial charge on any atom is -0.326 e. The number of benzene rings is 4. The predicted octanol–water partition coefficient (Wildman–Crippen LogP) is 9.34. The molecule has 1 fully saturated rings. The van der Waals surface area contributed by atoms with Gasteiger partial charge in [-0.3, -0.25) is 9.78 Å². The van der Waals surface area contributed by atoms with Gasteiger partial charge in [0.25, 0.3) is 0 Å². The highest BCUT2D eigenvalue weighted by Crippen LogP contribution is 2.37. The van der Waals surface area contributed by atoms with E-state index >= 15 is 0 Å². The molecular weight excluding hydrogens is 648 g/mol. The maximum absolute atomic E-state index is 14.0. The van der Waals surface area contributed by atoms with Crippen LogP contribution in [0.3, 0.4) is 0 Å². The standard InChI is InChI=1S/C39H36F3N3O3S/c40-39(41,42)37-11-5-4-10-36(37)32-18-22-35(23-19-32)49(47,48)45(27-29-7-6-24-43-25-29)26-28-12-14-30(15-13-28)31-16-20-34(21-17-31)44-38(46)33-8-2-1-3-9-33/h4-7,10-25,33H,1-3,8-9,26-27H2,(H,44,46). The van der Waals surface area contributed by atoms with E-state index in [9.17, 15) is 26.4 Å². The van der Waals surface area contributed by atoms with E-state index in [1.807, 2.05) is 48.5 Å². The summed E-state index contributed by atoms with van der Waals surface area (Å²) in [6, 6.07) is 29.5. The monoisotopic (exact) mass is 683 g/mol. The predicted molar refractivity (Wildman–Crippen MR) is 185 cm³/mol. The summed E-state index contributed by atoms with van der Waals surface area (Å²) < 4.78 is 70.3. The fraction of sp³-hybridized carbons (Fsp3) is 0.231. The average Bonchev–Trinajstić information content (AvgIpc) is 3.12. The Kier molecular flexibility index (Phi) is 10.3. The summed E-state index contributed by atoms with van der Waals surface area (Å²) in [6.45, 7) is 0.104. The Morgan fingerprint density at radius 1 is 0.735 bits per heavy atom. The van der Waals surface area contributed by atoms with Crippen molar-refractivity contribution in [1.82, 2.24) is 9.29 Å². The molecular formula is C39H36F3N3O3S. The molecule has 1 heterocycles. The molecule has 252 valence electrons. The Morgan fingerprint density at radius 2 is 1.35 bits per heavy atom. The molecule has 0 bridgehead atoms. The van der Waals surface area contributed by atoms with Crippen molar-refractivity contribution in [3.8, 4) is 22.3 Å². The first-order valence-corrected chi connectivity index (χ1v) is 17.7. The molecule has 6 rings (SSSR count). The summed E-state index contributed by atoms with van der Waals surface area (Å²) in [4.78, 5) is 16.7. The van der Waals surface area contributed by atoms with E-state index in [1.54, 1.807) is 24.5 Å². The number of nitrogens with one attached hydrogen (secondary N) is 1. The number of hydrogen-bond acceptors (Lipinski definition) is 4. The van der Waals surface area contributed by atoms with Gasteiger partial charge < -0.3 is 5.32 Å². The van der Waals surface area contributed by atoms with Crippen molar-refractivity contribution in [3.05, 3.63) is 138 Å². The molecule has 0 saturated heterocycles. The van der Waals surface area contributed by atoms with Gasteiger partial charge in [0.2, 0.25) is 15.9 Å². The molecule has 1 saturated carbocycles. The average molecular weight is 684 g/mol. The summed E-state index contributed by atoms with van der Waals surface area (Å²) in [7, 11) is -4.07. The molecule has 1 N–H and O–H groups in total. The molecule has 0 aliphatic heterocycles. The topological polar surface area (TPSA) is 79.4 Å². The third kappa shape index (κ3) is 8.26. The highest BCUT2D eigenvalue weighted by atomic mass is 32.2. The minimum absolute atomic E-state index is 0.0231. The van der Waals surface area contributed by atoms with Gasteiger partial charge in [0.1, 0.15) is 0 Å². The molecule has 5 aromatic rings. The van der Waals surface area contributed by atoms with Crippen molar-refractivity contribution in [3.63, 3.8) is 0 Å². The minimum atomic E-state index is -4.55. The van der Waals surface area contributed by atoms with Gasteiger partial charge in [0.15, 0.2) is 0 Å². The quantitative estimate of drug-likeness (QED) is 0.159. The number of anilines is 1. The third-order valence-electron chi connectivity index (χ3n) is 8.89. The van der Waals surface area contributed by atoms with Crippen molar-refractivity contribution in [2.45, 2.75) is 56.3 Å². The Balaban J connectivity index is 1.20. The van der Waals surface area contributed by atoms with Crippen LogP contribution in [0.15, 0.2) is 126 Å². The van der Waals surface area contributed by atoms with Gasteiger partial charge >= 0.3 is 6.18 Å². The van der Waals surface area contributed by atoms with Crippen LogP contribution in [-0.4, -0.2) is 23.6 Å². The number of aromatic nitrogens is 1. The highest BCUT2D eigenvalue weighted by Gasteiger charge is 2.33. The second kappa shape index (κ2) is 14.8. The van der Waals surface area contributed by atoms with E-state index in [-0.39, 0.29) is 40.9 Å². The first-order chi connectivity index (χ1) is 23.6. The Hall–Kier alpha value is -4.80. The summed E-state index contributed by atoms with van der Waals surface area (Å²) in [5.41, 5.74) is 3.54. The van der Waals surface area contributed by atoms with Crippen molar-refractivity contribution < 1.29 is 26.4 Å². The fourth-order valence-corrected chi connectivity index (χ4v) is 7.64. The summed E-state index contributed by atoms with van der Waals surface area (Å²) in [6.07, 6.45) is 3.91. The zero-order valence-electron chi connectivity index (χ0n) is 26.7. The number of halogens is 3. The molecule has 1 aromatic heterocycles. The van der Waals surface area contributed by atoms with Crippen LogP contribution in [0.2, 0.25) is 0 Å². The van der Waals surface area contributed by atoms with Crippen LogP contribution in [0.5, 0.6) is 0 Å². The SMILES string of the molecule is O=C(Nc1ccc(-c2ccc(CN(Cc3cccnc3)S(=O)(=O)c3ccc(-c4ccccc4C(F)(F)F)cc3)cc2)cc1)C1CCCCC1. The number of sulfonamides is 1. The van der Waals surface area contributed by atoms with Gasteiger partial charge in [0, 0.05) is 37.1 Å². The van der Waals surface area contributed by atoms with Crippen LogP contribution in [0, 0.1) is 5.92 Å². The number of nitrogens with zero attached hydrogens (tertiary/aromatic N) is 2. The first kappa shape index (κ1) is 34.1. The van der Waals surface area contributed by atoms with Crippen LogP contribution in [-0.2, 0) is 34.1 Å². The molecule has 4 aromatic carbocycles. The number of amides is 1. The third-order valence-corrected chi connectivity index (χ3v) is 10.7. The summed E-state index contributed by atoms with van der Waals surface area (Å²) in [5, 5.41) is 3.04. The lowest BCUT2D eigenvalue weighted by molar-refractivity contribution is -0.137. The second-order valence-corrected chi connectivity index (χ2v) is 14.2. The molecule has 6 nitrogen and oxygen atoms in total. The van der Waals surface area contributed by atoms with Gasteiger partial charge in [-0.1, -0.05) is 92.1 Å². The van der Waals surface area contributed by atoms with Crippen molar-refractivity contribution in [2.24, 2.45) is 5.92 Å². The van der Waals surface area contributed by atoms with Crippen molar-refractivity contribution in [1.29, 1.82) is 0 Å². The number of pyridine rings is 1. The van der Waals surface area contributed by atoms with Crippen LogP contribution in [0.1, 0.15) is 48.8 Å². The Morgan fingerprint density at radius 3 is 1.98 bits per heavy atom. The lowest BCUT2D eigenvalue weighted by Crippen LogP contribution is -2.30. The summed E-state index contributed by atoms with van der Waals surface area (Å²) >= 11 is 0. The number of carbonyl (C=O) groups is 1. The molecule has 0 radical (unpaired) electrons. The maximum atomic E-state index is 14.0. The van der Waals surface area contributed by atoms with E-state index in [2.05, 4.69) is 10.3 Å².